The van der Waals surface area contributed by atoms with Gasteiger partial charge in [0.05, 0.1) is 18.7 Å². The second kappa shape index (κ2) is 7.67. The molecule has 4 nitrogen and oxygen atoms in total. The van der Waals surface area contributed by atoms with E-state index in [4.69, 9.17) is 0 Å². The van der Waals surface area contributed by atoms with Gasteiger partial charge in [-0.1, -0.05) is 33.1 Å². The number of carbonyl (C=O) groups is 1. The van der Waals surface area contributed by atoms with E-state index >= 15 is 0 Å². The summed E-state index contributed by atoms with van der Waals surface area (Å²) in [5.74, 6) is 0.303. The Labute approximate surface area is 104 Å². The van der Waals surface area contributed by atoms with Gasteiger partial charge in [0.15, 0.2) is 0 Å². The van der Waals surface area contributed by atoms with Crippen molar-refractivity contribution in [2.24, 2.45) is 5.92 Å². The molecule has 0 aromatic carbocycles. The van der Waals surface area contributed by atoms with E-state index in [9.17, 15) is 9.90 Å². The van der Waals surface area contributed by atoms with E-state index in [1.807, 2.05) is 13.8 Å². The summed E-state index contributed by atoms with van der Waals surface area (Å²) in [5, 5.41) is 15.4. The lowest BCUT2D eigenvalue weighted by atomic mass is 10.0. The summed E-state index contributed by atoms with van der Waals surface area (Å²) in [4.78, 5) is 12.1. The molecule has 0 aromatic rings. The first kappa shape index (κ1) is 14.5. The van der Waals surface area contributed by atoms with E-state index in [0.717, 1.165) is 25.8 Å². The van der Waals surface area contributed by atoms with Crippen molar-refractivity contribution < 1.29 is 9.90 Å². The SMILES string of the molecule is CC(C)[C@@H](CO)NC(=O)C1CCCCCCN1. The van der Waals surface area contributed by atoms with E-state index in [1.165, 1.54) is 12.8 Å². The first-order valence-electron chi connectivity index (χ1n) is 6.79. The van der Waals surface area contributed by atoms with Crippen molar-refractivity contribution in [3.05, 3.63) is 0 Å². The smallest absolute Gasteiger partial charge is 0.237 e. The van der Waals surface area contributed by atoms with Gasteiger partial charge >= 0.3 is 0 Å². The number of aliphatic hydroxyl groups excluding tert-OH is 1. The molecule has 17 heavy (non-hydrogen) atoms. The molecule has 0 aromatic heterocycles. The van der Waals surface area contributed by atoms with Crippen LogP contribution in [0.3, 0.4) is 0 Å². The van der Waals surface area contributed by atoms with Gasteiger partial charge in [0.25, 0.3) is 0 Å². The minimum absolute atomic E-state index is 0.0100. The maximum Gasteiger partial charge on any atom is 0.237 e. The quantitative estimate of drug-likeness (QED) is 0.690. The van der Waals surface area contributed by atoms with Crippen LogP contribution in [0.15, 0.2) is 0 Å². The van der Waals surface area contributed by atoms with Gasteiger partial charge in [-0.2, -0.15) is 0 Å². The molecule has 1 amide bonds. The highest BCUT2D eigenvalue weighted by atomic mass is 16.3. The average molecular weight is 242 g/mol. The fraction of sp³-hybridized carbons (Fsp3) is 0.923. The lowest BCUT2D eigenvalue weighted by Crippen LogP contribution is -2.50. The molecule has 0 bridgehead atoms. The fourth-order valence-electron chi connectivity index (χ4n) is 2.14. The van der Waals surface area contributed by atoms with E-state index in [-0.39, 0.29) is 30.5 Å². The summed E-state index contributed by atoms with van der Waals surface area (Å²) >= 11 is 0. The molecule has 1 unspecified atom stereocenters. The Morgan fingerprint density at radius 1 is 1.35 bits per heavy atom. The molecule has 1 aliphatic heterocycles. The maximum atomic E-state index is 12.1. The molecule has 2 atom stereocenters. The Morgan fingerprint density at radius 3 is 2.71 bits per heavy atom. The van der Waals surface area contributed by atoms with Crippen molar-refractivity contribution in [2.75, 3.05) is 13.2 Å². The van der Waals surface area contributed by atoms with Gasteiger partial charge in [-0.05, 0) is 25.3 Å². The molecule has 1 heterocycles. The van der Waals surface area contributed by atoms with Crippen LogP contribution < -0.4 is 10.6 Å². The van der Waals surface area contributed by atoms with Gasteiger partial charge in [-0.25, -0.2) is 0 Å². The first-order chi connectivity index (χ1) is 8.15. The van der Waals surface area contributed by atoms with E-state index in [0.29, 0.717) is 0 Å². The molecule has 0 aliphatic carbocycles. The number of amides is 1. The lowest BCUT2D eigenvalue weighted by Gasteiger charge is -2.25. The van der Waals surface area contributed by atoms with Crippen LogP contribution in [-0.4, -0.2) is 36.2 Å². The summed E-state index contributed by atoms with van der Waals surface area (Å²) in [6.07, 6.45) is 5.64. The summed E-state index contributed by atoms with van der Waals surface area (Å²) in [7, 11) is 0. The van der Waals surface area contributed by atoms with Crippen LogP contribution in [0.5, 0.6) is 0 Å². The van der Waals surface area contributed by atoms with Crippen LogP contribution in [0.25, 0.3) is 0 Å². The van der Waals surface area contributed by atoms with Crippen molar-refractivity contribution >= 4 is 5.91 Å². The van der Waals surface area contributed by atoms with Crippen LogP contribution in [0.4, 0.5) is 0 Å². The predicted molar refractivity (Wildman–Crippen MR) is 68.7 cm³/mol. The van der Waals surface area contributed by atoms with Gasteiger partial charge in [-0.15, -0.1) is 0 Å². The second-order valence-corrected chi connectivity index (χ2v) is 5.25. The number of nitrogens with one attached hydrogen (secondary N) is 2. The summed E-state index contributed by atoms with van der Waals surface area (Å²) in [6.45, 7) is 4.94. The van der Waals surface area contributed by atoms with Crippen molar-refractivity contribution in [2.45, 2.75) is 58.0 Å². The molecular weight excluding hydrogens is 216 g/mol. The van der Waals surface area contributed by atoms with Crippen LogP contribution in [0.1, 0.15) is 46.0 Å². The molecule has 4 heteroatoms. The van der Waals surface area contributed by atoms with E-state index < -0.39 is 0 Å². The van der Waals surface area contributed by atoms with E-state index in [2.05, 4.69) is 10.6 Å². The number of carbonyl (C=O) groups excluding carboxylic acids is 1. The Kier molecular flexibility index (Phi) is 6.52. The topological polar surface area (TPSA) is 61.4 Å². The highest BCUT2D eigenvalue weighted by Crippen LogP contribution is 2.10. The molecule has 0 radical (unpaired) electrons. The maximum absolute atomic E-state index is 12.1. The lowest BCUT2D eigenvalue weighted by molar-refractivity contribution is -0.124. The van der Waals surface area contributed by atoms with Crippen LogP contribution >= 0.6 is 0 Å². The first-order valence-corrected chi connectivity index (χ1v) is 6.79. The number of hydrogen-bond donors (Lipinski definition) is 3. The fourth-order valence-corrected chi connectivity index (χ4v) is 2.14. The van der Waals surface area contributed by atoms with Gasteiger partial charge < -0.3 is 15.7 Å². The molecular formula is C13H26N2O2. The van der Waals surface area contributed by atoms with Gasteiger partial charge in [0, 0.05) is 0 Å². The highest BCUT2D eigenvalue weighted by Gasteiger charge is 2.22. The van der Waals surface area contributed by atoms with Crippen molar-refractivity contribution in [3.8, 4) is 0 Å². The average Bonchev–Trinajstić information content (AvgIpc) is 2.24. The van der Waals surface area contributed by atoms with Gasteiger partial charge in [-0.3, -0.25) is 4.79 Å². The van der Waals surface area contributed by atoms with Crippen molar-refractivity contribution in [1.82, 2.24) is 10.6 Å². The molecule has 0 saturated carbocycles. The molecule has 100 valence electrons. The number of hydrogen-bond acceptors (Lipinski definition) is 3. The summed E-state index contributed by atoms with van der Waals surface area (Å²) < 4.78 is 0. The molecule has 1 rings (SSSR count). The third-order valence-electron chi connectivity index (χ3n) is 3.46. The minimum atomic E-state index is -0.130. The van der Waals surface area contributed by atoms with Crippen molar-refractivity contribution in [3.63, 3.8) is 0 Å². The van der Waals surface area contributed by atoms with Crippen LogP contribution in [0, 0.1) is 5.92 Å². The third kappa shape index (κ3) is 5.04. The number of rotatable bonds is 4. The normalized spacial score (nSPS) is 23.9. The molecule has 0 spiro atoms. The molecule has 1 saturated heterocycles. The summed E-state index contributed by atoms with van der Waals surface area (Å²) in [6, 6.07) is -0.210. The largest absolute Gasteiger partial charge is 0.394 e. The zero-order valence-electron chi connectivity index (χ0n) is 11.0. The Morgan fingerprint density at radius 2 is 2.06 bits per heavy atom. The Bertz CT molecular complexity index is 223. The third-order valence-corrected chi connectivity index (χ3v) is 3.46. The molecule has 1 aliphatic rings. The molecule has 3 N–H and O–H groups in total. The Balaban J connectivity index is 2.43. The van der Waals surface area contributed by atoms with E-state index in [1.54, 1.807) is 0 Å². The van der Waals surface area contributed by atoms with Crippen LogP contribution in [-0.2, 0) is 4.79 Å². The van der Waals surface area contributed by atoms with Crippen molar-refractivity contribution in [1.29, 1.82) is 0 Å². The van der Waals surface area contributed by atoms with Crippen LogP contribution in [0.2, 0.25) is 0 Å². The summed E-state index contributed by atoms with van der Waals surface area (Å²) in [5.41, 5.74) is 0. The van der Waals surface area contributed by atoms with Gasteiger partial charge in [0.2, 0.25) is 5.91 Å². The zero-order chi connectivity index (χ0) is 12.7. The zero-order valence-corrected chi connectivity index (χ0v) is 11.0. The van der Waals surface area contributed by atoms with Gasteiger partial charge in [0.1, 0.15) is 0 Å². The minimum Gasteiger partial charge on any atom is -0.394 e. The highest BCUT2D eigenvalue weighted by molar-refractivity contribution is 5.82. The predicted octanol–water partition coefficient (Wildman–Crippen LogP) is 1.04. The number of aliphatic hydroxyl groups is 1. The standard InChI is InChI=1S/C13H26N2O2/c1-10(2)12(9-16)15-13(17)11-7-5-3-4-6-8-14-11/h10-12,14,16H,3-9H2,1-2H3,(H,15,17)/t11?,12-/m1/s1. The second-order valence-electron chi connectivity index (χ2n) is 5.25. The Hall–Kier alpha value is -0.610. The monoisotopic (exact) mass is 242 g/mol. The molecule has 1 fully saturated rings.